The Hall–Kier alpha value is -3.36. The van der Waals surface area contributed by atoms with Crippen molar-refractivity contribution in [3.63, 3.8) is 0 Å². The summed E-state index contributed by atoms with van der Waals surface area (Å²) in [5, 5.41) is 0. The molecule has 2 aromatic rings. The van der Waals surface area contributed by atoms with Gasteiger partial charge in [0, 0.05) is 32.0 Å². The quantitative estimate of drug-likeness (QED) is 0.143. The van der Waals surface area contributed by atoms with Crippen LogP contribution in [0.2, 0.25) is 0 Å². The molecule has 3 fully saturated rings. The van der Waals surface area contributed by atoms with Gasteiger partial charge in [0.05, 0.1) is 24.3 Å². The number of hydrogen-bond acceptors (Lipinski definition) is 8. The molecule has 4 atom stereocenters. The zero-order valence-electron chi connectivity index (χ0n) is 34.1. The monoisotopic (exact) mass is 722 g/mol. The van der Waals surface area contributed by atoms with Crippen molar-refractivity contribution in [3.05, 3.63) is 69.8 Å². The standard InChI is InChI=1S/C16H22O4.C15H20O3.C10H16.C3H8O/c1-11(17)12-8-13(15(18)20-7-6-19-5)10-14(9-12)16(2,3)4;1-6-18-14(17)12-7-11(10(2)16)8-13(9-12)15(3,4)5;1-2-9-7-4-5-8(6-7)10(9)3-1;1-3-4-2/h8-10H,6-7H2,1-5H3;7-9H,6H2,1-5H3;7-10H,1-6H2;3H2,1-2H3. The second kappa shape index (κ2) is 20.8. The molecule has 3 saturated carbocycles. The summed E-state index contributed by atoms with van der Waals surface area (Å²) in [7, 11) is 3.22. The molecule has 0 spiro atoms. The third-order valence-corrected chi connectivity index (χ3v) is 10.3. The molecular formula is C44H66O8. The SMILES string of the molecule is C1CC2C3CCC(C3)C2C1.CCOC.CCOC(=O)c1cc(C(C)=O)cc(C(C)(C)C)c1.COCCOC(=O)c1cc(C(C)=O)cc(C(C)(C)C)c1. The summed E-state index contributed by atoms with van der Waals surface area (Å²) in [5.41, 5.74) is 3.54. The van der Waals surface area contributed by atoms with E-state index in [-0.39, 0.29) is 35.0 Å². The van der Waals surface area contributed by atoms with Gasteiger partial charge in [-0.3, -0.25) is 9.59 Å². The molecule has 290 valence electrons. The highest BCUT2D eigenvalue weighted by atomic mass is 16.6. The molecule has 0 amide bonds. The van der Waals surface area contributed by atoms with E-state index < -0.39 is 5.97 Å². The minimum Gasteiger partial charge on any atom is -0.462 e. The summed E-state index contributed by atoms with van der Waals surface area (Å²) < 4.78 is 19.5. The molecule has 5 rings (SSSR count). The molecule has 3 aliphatic rings. The Balaban J connectivity index is 0.000000265. The van der Waals surface area contributed by atoms with E-state index >= 15 is 0 Å². The lowest BCUT2D eigenvalue weighted by Gasteiger charge is -2.23. The van der Waals surface area contributed by atoms with Gasteiger partial charge in [0.25, 0.3) is 0 Å². The normalized spacial score (nSPS) is 19.8. The second-order valence-corrected chi connectivity index (χ2v) is 16.2. The van der Waals surface area contributed by atoms with Gasteiger partial charge >= 0.3 is 11.9 Å². The first kappa shape index (κ1) is 44.8. The van der Waals surface area contributed by atoms with Crippen molar-refractivity contribution in [1.29, 1.82) is 0 Å². The van der Waals surface area contributed by atoms with Crippen molar-refractivity contribution in [2.45, 2.75) is 119 Å². The number of fused-ring (bicyclic) bond motifs is 5. The maximum atomic E-state index is 12.0. The molecule has 0 N–H and O–H groups in total. The minimum absolute atomic E-state index is 0.0494. The van der Waals surface area contributed by atoms with E-state index in [2.05, 4.69) is 4.74 Å². The Morgan fingerprint density at radius 3 is 1.33 bits per heavy atom. The lowest BCUT2D eigenvalue weighted by Crippen LogP contribution is -2.16. The van der Waals surface area contributed by atoms with Crippen LogP contribution < -0.4 is 0 Å². The molecule has 0 aliphatic heterocycles. The molecule has 0 saturated heterocycles. The van der Waals surface area contributed by atoms with E-state index in [0.29, 0.717) is 35.5 Å². The Bertz CT molecular complexity index is 1460. The molecular weight excluding hydrogens is 656 g/mol. The van der Waals surface area contributed by atoms with E-state index in [9.17, 15) is 19.2 Å². The number of esters is 2. The van der Waals surface area contributed by atoms with Crippen LogP contribution in [-0.2, 0) is 29.8 Å². The summed E-state index contributed by atoms with van der Waals surface area (Å²) in [6.45, 7) is 20.6. The summed E-state index contributed by atoms with van der Waals surface area (Å²) in [4.78, 5) is 46.8. The van der Waals surface area contributed by atoms with Crippen LogP contribution in [0.4, 0.5) is 0 Å². The van der Waals surface area contributed by atoms with E-state index in [0.717, 1.165) is 17.7 Å². The van der Waals surface area contributed by atoms with Crippen molar-refractivity contribution in [2.24, 2.45) is 23.7 Å². The van der Waals surface area contributed by atoms with Gasteiger partial charge in [0.15, 0.2) is 11.6 Å². The van der Waals surface area contributed by atoms with Gasteiger partial charge in [-0.1, -0.05) is 48.0 Å². The van der Waals surface area contributed by atoms with Crippen LogP contribution >= 0.6 is 0 Å². The zero-order valence-corrected chi connectivity index (χ0v) is 34.1. The highest BCUT2D eigenvalue weighted by Crippen LogP contribution is 2.58. The van der Waals surface area contributed by atoms with Gasteiger partial charge < -0.3 is 18.9 Å². The lowest BCUT2D eigenvalue weighted by molar-refractivity contribution is 0.0387. The van der Waals surface area contributed by atoms with E-state index in [1.807, 2.05) is 60.6 Å². The van der Waals surface area contributed by atoms with Crippen LogP contribution in [0.15, 0.2) is 36.4 Å². The summed E-state index contributed by atoms with van der Waals surface area (Å²) in [5.74, 6) is 3.86. The number of ether oxygens (including phenoxy) is 4. The number of Topliss-reactive ketones (excluding diaryl/α,β-unsaturated/α-hetero) is 2. The summed E-state index contributed by atoms with van der Waals surface area (Å²) in [6, 6.07) is 10.4. The molecule has 0 heterocycles. The smallest absolute Gasteiger partial charge is 0.338 e. The average molecular weight is 723 g/mol. The highest BCUT2D eigenvalue weighted by molar-refractivity contribution is 5.99. The molecule has 0 aromatic heterocycles. The number of ketones is 2. The molecule has 3 aliphatic carbocycles. The fraction of sp³-hybridized carbons (Fsp3) is 0.636. The van der Waals surface area contributed by atoms with Crippen LogP contribution in [-0.4, -0.2) is 64.2 Å². The number of rotatable bonds is 9. The summed E-state index contributed by atoms with van der Waals surface area (Å²) >= 11 is 0. The molecule has 0 radical (unpaired) electrons. The predicted molar refractivity (Wildman–Crippen MR) is 208 cm³/mol. The van der Waals surface area contributed by atoms with Crippen LogP contribution in [0.3, 0.4) is 0 Å². The second-order valence-electron chi connectivity index (χ2n) is 16.2. The number of carbonyl (C=O) groups excluding carboxylic acids is 4. The van der Waals surface area contributed by atoms with Crippen molar-refractivity contribution in [3.8, 4) is 0 Å². The largest absolute Gasteiger partial charge is 0.462 e. The summed E-state index contributed by atoms with van der Waals surface area (Å²) in [6.07, 6.45) is 9.53. The van der Waals surface area contributed by atoms with Gasteiger partial charge in [-0.2, -0.15) is 0 Å². The average Bonchev–Trinajstić information content (AvgIpc) is 3.85. The third kappa shape index (κ3) is 13.6. The Morgan fingerprint density at radius 1 is 0.577 bits per heavy atom. The Kier molecular flexibility index (Phi) is 17.9. The zero-order chi connectivity index (χ0) is 39.2. The number of carbonyl (C=O) groups is 4. The maximum Gasteiger partial charge on any atom is 0.338 e. The van der Waals surface area contributed by atoms with Gasteiger partial charge in [0.1, 0.15) is 6.61 Å². The van der Waals surface area contributed by atoms with Crippen molar-refractivity contribution in [2.75, 3.05) is 40.6 Å². The fourth-order valence-electron chi connectivity index (χ4n) is 7.30. The molecule has 2 bridgehead atoms. The van der Waals surface area contributed by atoms with Crippen molar-refractivity contribution < 1.29 is 38.1 Å². The number of benzene rings is 2. The van der Waals surface area contributed by atoms with E-state index in [4.69, 9.17) is 14.2 Å². The van der Waals surface area contributed by atoms with Crippen molar-refractivity contribution in [1.82, 2.24) is 0 Å². The van der Waals surface area contributed by atoms with Crippen molar-refractivity contribution >= 4 is 23.5 Å². The van der Waals surface area contributed by atoms with Crippen LogP contribution in [0.5, 0.6) is 0 Å². The molecule has 4 unspecified atom stereocenters. The topological polar surface area (TPSA) is 105 Å². The first-order chi connectivity index (χ1) is 24.4. The predicted octanol–water partition coefficient (Wildman–Crippen LogP) is 9.84. The minimum atomic E-state index is -0.435. The number of methoxy groups -OCH3 is 2. The van der Waals surface area contributed by atoms with Gasteiger partial charge in [-0.25, -0.2) is 9.59 Å². The van der Waals surface area contributed by atoms with Gasteiger partial charge in [0.2, 0.25) is 0 Å². The molecule has 8 nitrogen and oxygen atoms in total. The van der Waals surface area contributed by atoms with Crippen LogP contribution in [0.1, 0.15) is 160 Å². The third-order valence-electron chi connectivity index (χ3n) is 10.3. The fourth-order valence-corrected chi connectivity index (χ4v) is 7.30. The maximum absolute atomic E-state index is 12.0. The van der Waals surface area contributed by atoms with Crippen LogP contribution in [0.25, 0.3) is 0 Å². The van der Waals surface area contributed by atoms with Crippen LogP contribution in [0, 0.1) is 23.7 Å². The first-order valence-corrected chi connectivity index (χ1v) is 19.0. The lowest BCUT2D eigenvalue weighted by atomic mass is 9.82. The molecule has 2 aromatic carbocycles. The Morgan fingerprint density at radius 2 is 0.981 bits per heavy atom. The van der Waals surface area contributed by atoms with E-state index in [1.165, 1.54) is 37.5 Å². The molecule has 8 heteroatoms. The number of hydrogen-bond donors (Lipinski definition) is 0. The highest BCUT2D eigenvalue weighted by Gasteiger charge is 2.48. The van der Waals surface area contributed by atoms with E-state index in [1.54, 1.807) is 83.9 Å². The van der Waals surface area contributed by atoms with Gasteiger partial charge in [-0.05, 0) is 142 Å². The Labute approximate surface area is 313 Å². The molecule has 52 heavy (non-hydrogen) atoms. The first-order valence-electron chi connectivity index (χ1n) is 19.0. The van der Waals surface area contributed by atoms with Gasteiger partial charge in [-0.15, -0.1) is 0 Å².